The standard InChI is InChI=1S/C15H26N2O4/c1-7-8-20-14(19)17-11(2)9-16(10-12(17)3)13(18)21-15(4,5)6/h7,11-12H,1,8-10H2,2-6H3/t11-,12+. The molecule has 1 aliphatic heterocycles. The van der Waals surface area contributed by atoms with Crippen LogP contribution in [0.3, 0.4) is 0 Å². The molecule has 1 heterocycles. The van der Waals surface area contributed by atoms with Crippen molar-refractivity contribution in [2.45, 2.75) is 52.3 Å². The normalized spacial score (nSPS) is 22.7. The van der Waals surface area contributed by atoms with E-state index in [0.717, 1.165) is 0 Å². The van der Waals surface area contributed by atoms with Gasteiger partial charge in [0.05, 0.1) is 12.1 Å². The van der Waals surface area contributed by atoms with Gasteiger partial charge in [-0.1, -0.05) is 12.7 Å². The Morgan fingerprint density at radius 3 is 2.14 bits per heavy atom. The smallest absolute Gasteiger partial charge is 0.410 e. The lowest BCUT2D eigenvalue weighted by Gasteiger charge is -2.43. The SMILES string of the molecule is C=CCOC(=O)N1[C@H](C)CN(C(=O)OC(C)(C)C)C[C@@H]1C. The number of nitrogens with zero attached hydrogens (tertiary/aromatic N) is 2. The lowest BCUT2D eigenvalue weighted by molar-refractivity contribution is -0.00756. The molecule has 0 aliphatic carbocycles. The predicted octanol–water partition coefficient (Wildman–Crippen LogP) is 2.64. The third-order valence-corrected chi connectivity index (χ3v) is 3.11. The van der Waals surface area contributed by atoms with Crippen molar-refractivity contribution in [3.63, 3.8) is 0 Å². The maximum atomic E-state index is 12.1. The summed E-state index contributed by atoms with van der Waals surface area (Å²) in [7, 11) is 0. The molecule has 0 saturated carbocycles. The molecule has 0 unspecified atom stereocenters. The van der Waals surface area contributed by atoms with E-state index in [2.05, 4.69) is 6.58 Å². The van der Waals surface area contributed by atoms with E-state index in [0.29, 0.717) is 13.1 Å². The zero-order chi connectivity index (χ0) is 16.2. The van der Waals surface area contributed by atoms with Crippen LogP contribution in [0.1, 0.15) is 34.6 Å². The Balaban J connectivity index is 2.67. The van der Waals surface area contributed by atoms with E-state index in [9.17, 15) is 9.59 Å². The second kappa shape index (κ2) is 6.83. The van der Waals surface area contributed by atoms with Crippen LogP contribution in [-0.4, -0.2) is 59.4 Å². The molecular weight excluding hydrogens is 272 g/mol. The van der Waals surface area contributed by atoms with Crippen molar-refractivity contribution in [1.29, 1.82) is 0 Å². The Morgan fingerprint density at radius 1 is 1.19 bits per heavy atom. The van der Waals surface area contributed by atoms with Crippen LogP contribution in [0.4, 0.5) is 9.59 Å². The predicted molar refractivity (Wildman–Crippen MR) is 80.1 cm³/mol. The van der Waals surface area contributed by atoms with E-state index in [1.54, 1.807) is 9.80 Å². The van der Waals surface area contributed by atoms with Gasteiger partial charge in [0.25, 0.3) is 0 Å². The molecule has 0 aromatic carbocycles. The van der Waals surface area contributed by atoms with Crippen molar-refractivity contribution in [3.8, 4) is 0 Å². The van der Waals surface area contributed by atoms with Crippen LogP contribution in [0.5, 0.6) is 0 Å². The maximum absolute atomic E-state index is 12.1. The number of hydrogen-bond donors (Lipinski definition) is 0. The summed E-state index contributed by atoms with van der Waals surface area (Å²) < 4.78 is 10.5. The molecule has 0 spiro atoms. The molecule has 0 radical (unpaired) electrons. The number of ether oxygens (including phenoxy) is 2. The zero-order valence-electron chi connectivity index (χ0n) is 13.6. The van der Waals surface area contributed by atoms with E-state index in [4.69, 9.17) is 9.47 Å². The van der Waals surface area contributed by atoms with Gasteiger partial charge < -0.3 is 14.4 Å². The van der Waals surface area contributed by atoms with Gasteiger partial charge in [0.1, 0.15) is 12.2 Å². The van der Waals surface area contributed by atoms with Gasteiger partial charge in [0.2, 0.25) is 0 Å². The molecule has 1 rings (SSSR count). The molecule has 2 amide bonds. The van der Waals surface area contributed by atoms with E-state index in [1.165, 1.54) is 6.08 Å². The van der Waals surface area contributed by atoms with Crippen LogP contribution < -0.4 is 0 Å². The van der Waals surface area contributed by atoms with Gasteiger partial charge in [-0.15, -0.1) is 0 Å². The first kappa shape index (κ1) is 17.3. The minimum absolute atomic E-state index is 0.126. The molecule has 1 aliphatic rings. The van der Waals surface area contributed by atoms with Crippen LogP contribution >= 0.6 is 0 Å². The summed E-state index contributed by atoms with van der Waals surface area (Å²) in [5, 5.41) is 0. The second-order valence-corrected chi connectivity index (χ2v) is 6.36. The Bertz CT molecular complexity index is 391. The summed E-state index contributed by atoms with van der Waals surface area (Å²) in [4.78, 5) is 27.4. The molecular formula is C15H26N2O4. The van der Waals surface area contributed by atoms with E-state index in [1.807, 2.05) is 34.6 Å². The van der Waals surface area contributed by atoms with Crippen LogP contribution in [0.25, 0.3) is 0 Å². The van der Waals surface area contributed by atoms with E-state index >= 15 is 0 Å². The van der Waals surface area contributed by atoms with Crippen molar-refractivity contribution >= 4 is 12.2 Å². The van der Waals surface area contributed by atoms with Crippen molar-refractivity contribution < 1.29 is 19.1 Å². The first-order valence-electron chi connectivity index (χ1n) is 7.19. The maximum Gasteiger partial charge on any atom is 0.410 e. The largest absolute Gasteiger partial charge is 0.445 e. The van der Waals surface area contributed by atoms with Gasteiger partial charge in [0, 0.05) is 13.1 Å². The van der Waals surface area contributed by atoms with Crippen LogP contribution in [-0.2, 0) is 9.47 Å². The molecule has 6 nitrogen and oxygen atoms in total. The van der Waals surface area contributed by atoms with Crippen LogP contribution in [0.2, 0.25) is 0 Å². The topological polar surface area (TPSA) is 59.1 Å². The van der Waals surface area contributed by atoms with Gasteiger partial charge in [0.15, 0.2) is 0 Å². The summed E-state index contributed by atoms with van der Waals surface area (Å²) in [6.07, 6.45) is 0.809. The minimum atomic E-state index is -0.524. The highest BCUT2D eigenvalue weighted by Gasteiger charge is 2.37. The van der Waals surface area contributed by atoms with Gasteiger partial charge in [-0.3, -0.25) is 4.90 Å². The van der Waals surface area contributed by atoms with E-state index < -0.39 is 5.60 Å². The fourth-order valence-electron chi connectivity index (χ4n) is 2.36. The van der Waals surface area contributed by atoms with Crippen molar-refractivity contribution in [3.05, 3.63) is 12.7 Å². The number of rotatable bonds is 2. The monoisotopic (exact) mass is 298 g/mol. The second-order valence-electron chi connectivity index (χ2n) is 6.36. The van der Waals surface area contributed by atoms with Gasteiger partial charge in [-0.25, -0.2) is 9.59 Å². The van der Waals surface area contributed by atoms with Gasteiger partial charge in [-0.2, -0.15) is 0 Å². The number of piperazine rings is 1. The Morgan fingerprint density at radius 2 is 1.71 bits per heavy atom. The molecule has 1 saturated heterocycles. The fraction of sp³-hybridized carbons (Fsp3) is 0.733. The minimum Gasteiger partial charge on any atom is -0.445 e. The number of amides is 2. The fourth-order valence-corrected chi connectivity index (χ4v) is 2.36. The summed E-state index contributed by atoms with van der Waals surface area (Å²) in [5.41, 5.74) is -0.524. The molecule has 0 aromatic rings. The number of carbonyl (C=O) groups is 2. The van der Waals surface area contributed by atoms with Gasteiger partial charge in [-0.05, 0) is 34.6 Å². The summed E-state index contributed by atoms with van der Waals surface area (Å²) in [5.74, 6) is 0. The summed E-state index contributed by atoms with van der Waals surface area (Å²) in [6, 6.07) is -0.253. The molecule has 120 valence electrons. The zero-order valence-corrected chi connectivity index (χ0v) is 13.6. The van der Waals surface area contributed by atoms with Gasteiger partial charge >= 0.3 is 12.2 Å². The molecule has 0 bridgehead atoms. The molecule has 2 atom stereocenters. The average Bonchev–Trinajstić information content (AvgIpc) is 2.33. The molecule has 0 N–H and O–H groups in total. The molecule has 0 aromatic heterocycles. The lowest BCUT2D eigenvalue weighted by Crippen LogP contribution is -2.60. The lowest BCUT2D eigenvalue weighted by atomic mass is 10.1. The summed E-state index contributed by atoms with van der Waals surface area (Å²) >= 11 is 0. The van der Waals surface area contributed by atoms with Crippen molar-refractivity contribution in [2.75, 3.05) is 19.7 Å². The molecule has 1 fully saturated rings. The Hall–Kier alpha value is -1.72. The number of hydrogen-bond acceptors (Lipinski definition) is 4. The Labute approximate surface area is 126 Å². The van der Waals surface area contributed by atoms with E-state index in [-0.39, 0.29) is 30.9 Å². The third kappa shape index (κ3) is 4.95. The van der Waals surface area contributed by atoms with Crippen LogP contribution in [0.15, 0.2) is 12.7 Å². The van der Waals surface area contributed by atoms with Crippen LogP contribution in [0, 0.1) is 0 Å². The molecule has 21 heavy (non-hydrogen) atoms. The summed E-state index contributed by atoms with van der Waals surface area (Å²) in [6.45, 7) is 13.9. The van der Waals surface area contributed by atoms with Crippen molar-refractivity contribution in [1.82, 2.24) is 9.80 Å². The third-order valence-electron chi connectivity index (χ3n) is 3.11. The highest BCUT2D eigenvalue weighted by Crippen LogP contribution is 2.19. The first-order valence-corrected chi connectivity index (χ1v) is 7.19. The van der Waals surface area contributed by atoms with Crippen molar-refractivity contribution in [2.24, 2.45) is 0 Å². The Kier molecular flexibility index (Phi) is 5.63. The highest BCUT2D eigenvalue weighted by atomic mass is 16.6. The highest BCUT2D eigenvalue weighted by molar-refractivity contribution is 5.71. The average molecular weight is 298 g/mol. The quantitative estimate of drug-likeness (QED) is 0.735. The molecule has 6 heteroatoms. The first-order chi connectivity index (χ1) is 9.65. The number of carbonyl (C=O) groups excluding carboxylic acids is 2.